The predicted molar refractivity (Wildman–Crippen MR) is 88.6 cm³/mol. The standard InChI is InChI=1S/C18H20FN3O/c19-16-7-3-2-6-15(16)17-9-8-14(12-21-17)20-13-18(23)22-10-4-1-5-11-22/h2-3,6-9,12,20H,1,4-5,10-11,13H2. The molecular weight excluding hydrogens is 293 g/mol. The topological polar surface area (TPSA) is 45.2 Å². The molecule has 2 aromatic rings. The number of anilines is 1. The van der Waals surface area contributed by atoms with Crippen LogP contribution in [0.2, 0.25) is 0 Å². The number of halogens is 1. The smallest absolute Gasteiger partial charge is 0.241 e. The van der Waals surface area contributed by atoms with Crippen molar-refractivity contribution in [3.05, 3.63) is 48.4 Å². The van der Waals surface area contributed by atoms with E-state index in [1.54, 1.807) is 30.5 Å². The third kappa shape index (κ3) is 3.86. The SMILES string of the molecule is O=C(CNc1ccc(-c2ccccc2F)nc1)N1CCCCC1. The summed E-state index contributed by atoms with van der Waals surface area (Å²) in [5.41, 5.74) is 1.81. The van der Waals surface area contributed by atoms with Crippen molar-refractivity contribution in [2.24, 2.45) is 0 Å². The Hall–Kier alpha value is -2.43. The van der Waals surface area contributed by atoms with Gasteiger partial charge in [0.25, 0.3) is 0 Å². The summed E-state index contributed by atoms with van der Waals surface area (Å²) >= 11 is 0. The first-order valence-electron chi connectivity index (χ1n) is 7.96. The van der Waals surface area contributed by atoms with Gasteiger partial charge < -0.3 is 10.2 Å². The van der Waals surface area contributed by atoms with Gasteiger partial charge in [0, 0.05) is 18.7 Å². The summed E-state index contributed by atoms with van der Waals surface area (Å²) in [4.78, 5) is 18.3. The highest BCUT2D eigenvalue weighted by atomic mass is 19.1. The highest BCUT2D eigenvalue weighted by molar-refractivity contribution is 5.81. The third-order valence-corrected chi connectivity index (χ3v) is 4.07. The van der Waals surface area contributed by atoms with Crippen LogP contribution in [0.15, 0.2) is 42.6 Å². The van der Waals surface area contributed by atoms with E-state index in [9.17, 15) is 9.18 Å². The molecule has 0 spiro atoms. The molecule has 0 radical (unpaired) electrons. The second kappa shape index (κ2) is 7.22. The molecule has 3 rings (SSSR count). The van der Waals surface area contributed by atoms with Gasteiger partial charge in [-0.2, -0.15) is 0 Å². The fourth-order valence-electron chi connectivity index (χ4n) is 2.76. The number of benzene rings is 1. The van der Waals surface area contributed by atoms with E-state index in [-0.39, 0.29) is 18.3 Å². The van der Waals surface area contributed by atoms with Crippen LogP contribution < -0.4 is 5.32 Å². The fraction of sp³-hybridized carbons (Fsp3) is 0.333. The zero-order valence-corrected chi connectivity index (χ0v) is 13.0. The molecule has 1 aromatic heterocycles. The minimum Gasteiger partial charge on any atom is -0.375 e. The Morgan fingerprint density at radius 3 is 2.61 bits per heavy atom. The van der Waals surface area contributed by atoms with E-state index < -0.39 is 0 Å². The van der Waals surface area contributed by atoms with Gasteiger partial charge >= 0.3 is 0 Å². The van der Waals surface area contributed by atoms with Gasteiger partial charge in [-0.25, -0.2) is 4.39 Å². The molecule has 0 unspecified atom stereocenters. The maximum absolute atomic E-state index is 13.7. The van der Waals surface area contributed by atoms with Crippen molar-refractivity contribution in [1.82, 2.24) is 9.88 Å². The van der Waals surface area contributed by atoms with Gasteiger partial charge in [0.1, 0.15) is 5.82 Å². The number of hydrogen-bond donors (Lipinski definition) is 1. The molecule has 1 aliphatic rings. The van der Waals surface area contributed by atoms with Gasteiger partial charge in [0.2, 0.25) is 5.91 Å². The van der Waals surface area contributed by atoms with Gasteiger partial charge in [0.15, 0.2) is 0 Å². The Bertz CT molecular complexity index is 666. The molecule has 4 nitrogen and oxygen atoms in total. The van der Waals surface area contributed by atoms with E-state index in [1.807, 2.05) is 11.0 Å². The molecule has 0 aliphatic carbocycles. The van der Waals surface area contributed by atoms with E-state index in [2.05, 4.69) is 10.3 Å². The number of pyridine rings is 1. The fourth-order valence-corrected chi connectivity index (χ4v) is 2.76. The molecule has 1 N–H and O–H groups in total. The van der Waals surface area contributed by atoms with Crippen molar-refractivity contribution in [3.8, 4) is 11.3 Å². The Balaban J connectivity index is 1.59. The molecule has 1 aliphatic heterocycles. The summed E-state index contributed by atoms with van der Waals surface area (Å²) in [6.45, 7) is 1.97. The van der Waals surface area contributed by atoms with E-state index in [0.29, 0.717) is 11.3 Å². The van der Waals surface area contributed by atoms with Gasteiger partial charge in [-0.3, -0.25) is 9.78 Å². The van der Waals surface area contributed by atoms with Crippen molar-refractivity contribution in [2.45, 2.75) is 19.3 Å². The second-order valence-corrected chi connectivity index (χ2v) is 5.71. The largest absolute Gasteiger partial charge is 0.375 e. The van der Waals surface area contributed by atoms with Crippen LogP contribution in [-0.4, -0.2) is 35.4 Å². The first-order valence-corrected chi connectivity index (χ1v) is 7.96. The van der Waals surface area contributed by atoms with Gasteiger partial charge in [0.05, 0.1) is 24.1 Å². The van der Waals surface area contributed by atoms with Crippen LogP contribution in [0.25, 0.3) is 11.3 Å². The summed E-state index contributed by atoms with van der Waals surface area (Å²) in [6, 6.07) is 10.1. The number of piperidine rings is 1. The van der Waals surface area contributed by atoms with Crippen LogP contribution in [0, 0.1) is 5.82 Å². The Kier molecular flexibility index (Phi) is 4.86. The van der Waals surface area contributed by atoms with Crippen LogP contribution in [0.3, 0.4) is 0 Å². The molecule has 0 saturated carbocycles. The number of rotatable bonds is 4. The van der Waals surface area contributed by atoms with Gasteiger partial charge in [-0.1, -0.05) is 12.1 Å². The summed E-state index contributed by atoms with van der Waals surface area (Å²) in [7, 11) is 0. The van der Waals surface area contributed by atoms with Crippen molar-refractivity contribution in [2.75, 3.05) is 25.0 Å². The number of aromatic nitrogens is 1. The van der Waals surface area contributed by atoms with Crippen molar-refractivity contribution in [3.63, 3.8) is 0 Å². The minimum absolute atomic E-state index is 0.114. The first kappa shape index (κ1) is 15.5. The summed E-state index contributed by atoms with van der Waals surface area (Å²) < 4.78 is 13.7. The first-order chi connectivity index (χ1) is 11.2. The van der Waals surface area contributed by atoms with E-state index in [4.69, 9.17) is 0 Å². The summed E-state index contributed by atoms with van der Waals surface area (Å²) in [5, 5.41) is 3.09. The highest BCUT2D eigenvalue weighted by Gasteiger charge is 2.15. The quantitative estimate of drug-likeness (QED) is 0.942. The maximum Gasteiger partial charge on any atom is 0.241 e. The molecule has 23 heavy (non-hydrogen) atoms. The summed E-state index contributed by atoms with van der Waals surface area (Å²) in [5.74, 6) is -0.177. The number of likely N-dealkylation sites (tertiary alicyclic amines) is 1. The molecular formula is C18H20FN3O. The molecule has 0 atom stereocenters. The average molecular weight is 313 g/mol. The predicted octanol–water partition coefficient (Wildman–Crippen LogP) is 3.31. The Morgan fingerprint density at radius 1 is 1.13 bits per heavy atom. The van der Waals surface area contributed by atoms with Crippen LogP contribution in [0.4, 0.5) is 10.1 Å². The molecule has 2 heterocycles. The molecule has 120 valence electrons. The maximum atomic E-state index is 13.7. The van der Waals surface area contributed by atoms with E-state index in [0.717, 1.165) is 31.6 Å². The van der Waals surface area contributed by atoms with Crippen molar-refractivity contribution in [1.29, 1.82) is 0 Å². The number of nitrogens with zero attached hydrogens (tertiary/aromatic N) is 2. The number of nitrogens with one attached hydrogen (secondary N) is 1. The lowest BCUT2D eigenvalue weighted by Gasteiger charge is -2.26. The monoisotopic (exact) mass is 313 g/mol. The Labute approximate surface area is 135 Å². The van der Waals surface area contributed by atoms with Gasteiger partial charge in [-0.15, -0.1) is 0 Å². The molecule has 1 amide bonds. The molecule has 1 saturated heterocycles. The number of carbonyl (C=O) groups is 1. The lowest BCUT2D eigenvalue weighted by molar-refractivity contribution is -0.130. The van der Waals surface area contributed by atoms with Crippen molar-refractivity contribution >= 4 is 11.6 Å². The molecule has 5 heteroatoms. The highest BCUT2D eigenvalue weighted by Crippen LogP contribution is 2.21. The lowest BCUT2D eigenvalue weighted by atomic mass is 10.1. The van der Waals surface area contributed by atoms with Crippen LogP contribution >= 0.6 is 0 Å². The van der Waals surface area contributed by atoms with Crippen LogP contribution in [0.5, 0.6) is 0 Å². The second-order valence-electron chi connectivity index (χ2n) is 5.71. The average Bonchev–Trinajstić information content (AvgIpc) is 2.61. The van der Waals surface area contributed by atoms with E-state index in [1.165, 1.54) is 12.5 Å². The van der Waals surface area contributed by atoms with Gasteiger partial charge in [-0.05, 0) is 43.5 Å². The number of hydrogen-bond acceptors (Lipinski definition) is 3. The van der Waals surface area contributed by atoms with E-state index >= 15 is 0 Å². The lowest BCUT2D eigenvalue weighted by Crippen LogP contribution is -2.39. The molecule has 0 bridgehead atoms. The third-order valence-electron chi connectivity index (χ3n) is 4.07. The van der Waals surface area contributed by atoms with Crippen LogP contribution in [0.1, 0.15) is 19.3 Å². The zero-order chi connectivity index (χ0) is 16.1. The molecule has 1 aromatic carbocycles. The number of carbonyl (C=O) groups excluding carboxylic acids is 1. The Morgan fingerprint density at radius 2 is 1.91 bits per heavy atom. The molecule has 1 fully saturated rings. The van der Waals surface area contributed by atoms with Crippen molar-refractivity contribution < 1.29 is 9.18 Å². The summed E-state index contributed by atoms with van der Waals surface area (Å²) in [6.07, 6.45) is 5.01. The number of amides is 1. The van der Waals surface area contributed by atoms with Crippen LogP contribution in [-0.2, 0) is 4.79 Å². The normalized spacial score (nSPS) is 14.6. The minimum atomic E-state index is -0.291. The zero-order valence-electron chi connectivity index (χ0n) is 13.0.